The summed E-state index contributed by atoms with van der Waals surface area (Å²) in [6.07, 6.45) is 5.08. The molecule has 5 nitrogen and oxygen atoms in total. The molecule has 0 fully saturated rings. The van der Waals surface area contributed by atoms with Crippen LogP contribution in [-0.4, -0.2) is 23.7 Å². The van der Waals surface area contributed by atoms with Crippen LogP contribution in [0, 0.1) is 0 Å². The van der Waals surface area contributed by atoms with E-state index in [1.165, 1.54) is 11.3 Å². The number of hydrogen-bond donors (Lipinski definition) is 0. The van der Waals surface area contributed by atoms with Gasteiger partial charge in [-0.05, 0) is 43.7 Å². The number of para-hydroxylation sites is 1. The summed E-state index contributed by atoms with van der Waals surface area (Å²) in [6, 6.07) is 13.1. The SMILES string of the molecule is C=CCn1c(=NC(=O)c2cccc(OCCCCC)c2)sc2cccc(OCC)c21. The van der Waals surface area contributed by atoms with Crippen LogP contribution in [0.2, 0.25) is 0 Å². The van der Waals surface area contributed by atoms with E-state index in [1.807, 2.05) is 41.8 Å². The topological polar surface area (TPSA) is 52.8 Å². The molecule has 0 saturated carbocycles. The minimum absolute atomic E-state index is 0.295. The number of rotatable bonds is 10. The molecule has 3 rings (SSSR count). The molecular weight excluding hydrogens is 396 g/mol. The van der Waals surface area contributed by atoms with Gasteiger partial charge in [0, 0.05) is 12.1 Å². The van der Waals surface area contributed by atoms with Gasteiger partial charge in [-0.25, -0.2) is 0 Å². The van der Waals surface area contributed by atoms with E-state index < -0.39 is 0 Å². The van der Waals surface area contributed by atoms with Gasteiger partial charge in [0.25, 0.3) is 5.91 Å². The fraction of sp³-hybridized carbons (Fsp3) is 0.333. The lowest BCUT2D eigenvalue weighted by Gasteiger charge is -2.08. The molecule has 0 bridgehead atoms. The van der Waals surface area contributed by atoms with Crippen LogP contribution in [0.4, 0.5) is 0 Å². The number of benzene rings is 2. The van der Waals surface area contributed by atoms with Gasteiger partial charge in [0.15, 0.2) is 4.80 Å². The fourth-order valence-corrected chi connectivity index (χ4v) is 4.22. The summed E-state index contributed by atoms with van der Waals surface area (Å²) in [6.45, 7) is 9.72. The van der Waals surface area contributed by atoms with Crippen LogP contribution in [-0.2, 0) is 6.54 Å². The van der Waals surface area contributed by atoms with Crippen LogP contribution in [0.1, 0.15) is 43.5 Å². The van der Waals surface area contributed by atoms with Gasteiger partial charge >= 0.3 is 0 Å². The Labute approximate surface area is 181 Å². The van der Waals surface area contributed by atoms with Gasteiger partial charge in [0.2, 0.25) is 0 Å². The van der Waals surface area contributed by atoms with E-state index in [1.54, 1.807) is 18.2 Å². The zero-order chi connectivity index (χ0) is 21.3. The standard InChI is InChI=1S/C24H28N2O3S/c1-4-7-8-16-29-19-12-9-11-18(17-19)23(27)25-24-26(15-5-2)22-20(28-6-3)13-10-14-21(22)30-24/h5,9-14,17H,2,4,6-8,15-16H2,1,3H3. The summed E-state index contributed by atoms with van der Waals surface area (Å²) >= 11 is 1.47. The van der Waals surface area contributed by atoms with Crippen LogP contribution in [0.3, 0.4) is 0 Å². The van der Waals surface area contributed by atoms with Crippen molar-refractivity contribution in [1.82, 2.24) is 4.57 Å². The van der Waals surface area contributed by atoms with Crippen molar-refractivity contribution in [3.63, 3.8) is 0 Å². The third kappa shape index (κ3) is 5.19. The zero-order valence-corrected chi connectivity index (χ0v) is 18.4. The second kappa shape index (κ2) is 10.8. The average molecular weight is 425 g/mol. The molecule has 0 aliphatic carbocycles. The monoisotopic (exact) mass is 424 g/mol. The van der Waals surface area contributed by atoms with Crippen molar-refractivity contribution in [2.45, 2.75) is 39.7 Å². The van der Waals surface area contributed by atoms with Crippen molar-refractivity contribution in [3.8, 4) is 11.5 Å². The van der Waals surface area contributed by atoms with Gasteiger partial charge < -0.3 is 14.0 Å². The lowest BCUT2D eigenvalue weighted by Crippen LogP contribution is -2.16. The molecule has 0 atom stereocenters. The Balaban J connectivity index is 1.94. The highest BCUT2D eigenvalue weighted by atomic mass is 32.1. The highest BCUT2D eigenvalue weighted by Crippen LogP contribution is 2.27. The first kappa shape index (κ1) is 21.8. The molecule has 0 radical (unpaired) electrons. The van der Waals surface area contributed by atoms with E-state index in [-0.39, 0.29) is 5.91 Å². The largest absolute Gasteiger partial charge is 0.494 e. The van der Waals surface area contributed by atoms with Crippen molar-refractivity contribution in [3.05, 3.63) is 65.5 Å². The molecule has 3 aromatic rings. The number of hydrogen-bond acceptors (Lipinski definition) is 4. The maximum absolute atomic E-state index is 12.9. The first-order valence-corrected chi connectivity index (χ1v) is 11.2. The van der Waals surface area contributed by atoms with E-state index in [0.29, 0.717) is 35.9 Å². The maximum atomic E-state index is 12.9. The number of carbonyl (C=O) groups excluding carboxylic acids is 1. The molecule has 0 N–H and O–H groups in total. The van der Waals surface area contributed by atoms with Crippen molar-refractivity contribution < 1.29 is 14.3 Å². The summed E-state index contributed by atoms with van der Waals surface area (Å²) < 4.78 is 14.6. The molecule has 0 aliphatic rings. The van der Waals surface area contributed by atoms with Crippen molar-refractivity contribution >= 4 is 27.5 Å². The van der Waals surface area contributed by atoms with E-state index in [9.17, 15) is 4.79 Å². The molecule has 1 amide bonds. The second-order valence-corrected chi connectivity index (χ2v) is 7.83. The van der Waals surface area contributed by atoms with Gasteiger partial charge in [0.1, 0.15) is 17.0 Å². The lowest BCUT2D eigenvalue weighted by molar-refractivity contribution is 0.0997. The van der Waals surface area contributed by atoms with Gasteiger partial charge in [0.05, 0.1) is 17.9 Å². The minimum Gasteiger partial charge on any atom is -0.494 e. The molecule has 158 valence electrons. The zero-order valence-electron chi connectivity index (χ0n) is 17.6. The Morgan fingerprint density at radius 1 is 1.17 bits per heavy atom. The van der Waals surface area contributed by atoms with Crippen molar-refractivity contribution in [2.75, 3.05) is 13.2 Å². The Kier molecular flexibility index (Phi) is 7.85. The molecule has 6 heteroatoms. The summed E-state index contributed by atoms with van der Waals surface area (Å²) in [4.78, 5) is 17.9. The van der Waals surface area contributed by atoms with Crippen LogP contribution in [0.25, 0.3) is 10.2 Å². The Morgan fingerprint density at radius 3 is 2.77 bits per heavy atom. The predicted octanol–water partition coefficient (Wildman–Crippen LogP) is 5.60. The summed E-state index contributed by atoms with van der Waals surface area (Å²) in [5.41, 5.74) is 1.44. The van der Waals surface area contributed by atoms with Crippen LogP contribution >= 0.6 is 11.3 Å². The summed E-state index contributed by atoms with van der Waals surface area (Å²) in [5, 5.41) is 0. The normalized spacial score (nSPS) is 11.6. The van der Waals surface area contributed by atoms with Crippen LogP contribution in [0.5, 0.6) is 11.5 Å². The predicted molar refractivity (Wildman–Crippen MR) is 123 cm³/mol. The number of amides is 1. The number of nitrogens with zero attached hydrogens (tertiary/aromatic N) is 2. The Bertz CT molecular complexity index is 1080. The van der Waals surface area contributed by atoms with Gasteiger partial charge in [-0.3, -0.25) is 4.79 Å². The smallest absolute Gasteiger partial charge is 0.279 e. The molecule has 30 heavy (non-hydrogen) atoms. The minimum atomic E-state index is -0.295. The molecule has 0 aliphatic heterocycles. The van der Waals surface area contributed by atoms with Gasteiger partial charge in [-0.1, -0.05) is 49.3 Å². The molecule has 0 saturated heterocycles. The Morgan fingerprint density at radius 2 is 2.00 bits per heavy atom. The highest BCUT2D eigenvalue weighted by molar-refractivity contribution is 7.16. The molecular formula is C24H28N2O3S. The third-order valence-electron chi connectivity index (χ3n) is 4.57. The molecule has 2 aromatic carbocycles. The quantitative estimate of drug-likeness (QED) is 0.314. The first-order chi connectivity index (χ1) is 14.7. The molecule has 0 unspecified atom stereocenters. The maximum Gasteiger partial charge on any atom is 0.279 e. The van der Waals surface area contributed by atoms with E-state index >= 15 is 0 Å². The highest BCUT2D eigenvalue weighted by Gasteiger charge is 2.13. The van der Waals surface area contributed by atoms with E-state index in [0.717, 1.165) is 35.2 Å². The van der Waals surface area contributed by atoms with E-state index in [2.05, 4.69) is 18.5 Å². The summed E-state index contributed by atoms with van der Waals surface area (Å²) in [5.74, 6) is 1.18. The Hall–Kier alpha value is -2.86. The van der Waals surface area contributed by atoms with Crippen LogP contribution in [0.15, 0.2) is 60.1 Å². The number of fused-ring (bicyclic) bond motifs is 1. The van der Waals surface area contributed by atoms with E-state index in [4.69, 9.17) is 9.47 Å². The first-order valence-electron chi connectivity index (χ1n) is 10.4. The molecule has 1 heterocycles. The number of allylic oxidation sites excluding steroid dienone is 1. The lowest BCUT2D eigenvalue weighted by atomic mass is 10.2. The number of thiazole rings is 1. The number of aromatic nitrogens is 1. The second-order valence-electron chi connectivity index (χ2n) is 6.82. The van der Waals surface area contributed by atoms with Crippen molar-refractivity contribution in [1.29, 1.82) is 0 Å². The fourth-order valence-electron chi connectivity index (χ4n) is 3.17. The number of ether oxygens (including phenoxy) is 2. The molecule has 1 aromatic heterocycles. The molecule has 0 spiro atoms. The number of carbonyl (C=O) groups is 1. The van der Waals surface area contributed by atoms with Crippen molar-refractivity contribution in [2.24, 2.45) is 4.99 Å². The number of unbranched alkanes of at least 4 members (excludes halogenated alkanes) is 2. The van der Waals surface area contributed by atoms with Gasteiger partial charge in [-0.2, -0.15) is 4.99 Å². The van der Waals surface area contributed by atoms with Gasteiger partial charge in [-0.15, -0.1) is 6.58 Å². The average Bonchev–Trinajstić information content (AvgIpc) is 3.10. The third-order valence-corrected chi connectivity index (χ3v) is 5.61. The summed E-state index contributed by atoms with van der Waals surface area (Å²) in [7, 11) is 0. The van der Waals surface area contributed by atoms with Crippen LogP contribution < -0.4 is 14.3 Å².